The number of urea groups is 1. The summed E-state index contributed by atoms with van der Waals surface area (Å²) in [7, 11) is 0. The molecule has 3 rings (SSSR count). The normalized spacial score (nSPS) is 14.3. The third-order valence-corrected chi connectivity index (χ3v) is 3.32. The predicted octanol–water partition coefficient (Wildman–Crippen LogP) is 1.31. The van der Waals surface area contributed by atoms with Gasteiger partial charge in [0, 0.05) is 23.6 Å². The Balaban J connectivity index is 1.82. The smallest absolute Gasteiger partial charge is 0.322 e. The second kappa shape index (κ2) is 6.29. The zero-order valence-electron chi connectivity index (χ0n) is 12.4. The Bertz CT molecular complexity index is 815. The Morgan fingerprint density at radius 3 is 2.58 bits per heavy atom. The molecule has 1 fully saturated rings. The molecular formula is C16H12N4O4. The summed E-state index contributed by atoms with van der Waals surface area (Å²) in [5, 5.41) is 4.75. The van der Waals surface area contributed by atoms with Crippen LogP contribution in [0.25, 0.3) is 0 Å². The van der Waals surface area contributed by atoms with Crippen LogP contribution in [0.15, 0.2) is 48.8 Å². The van der Waals surface area contributed by atoms with Crippen LogP contribution in [0.4, 0.5) is 16.2 Å². The molecule has 0 spiro atoms. The summed E-state index contributed by atoms with van der Waals surface area (Å²) in [6.45, 7) is 0. The van der Waals surface area contributed by atoms with Gasteiger partial charge in [-0.15, -0.1) is 0 Å². The molecule has 0 unspecified atom stereocenters. The van der Waals surface area contributed by atoms with Crippen molar-refractivity contribution in [3.05, 3.63) is 54.4 Å². The van der Waals surface area contributed by atoms with Gasteiger partial charge >= 0.3 is 6.03 Å². The lowest BCUT2D eigenvalue weighted by Crippen LogP contribution is -2.52. The molecule has 1 saturated heterocycles. The van der Waals surface area contributed by atoms with Crippen LogP contribution in [0, 0.1) is 0 Å². The summed E-state index contributed by atoms with van der Waals surface area (Å²) in [4.78, 5) is 51.8. The van der Waals surface area contributed by atoms with Gasteiger partial charge in [0.2, 0.25) is 11.8 Å². The van der Waals surface area contributed by atoms with Gasteiger partial charge in [-0.3, -0.25) is 24.7 Å². The van der Waals surface area contributed by atoms with Gasteiger partial charge in [-0.1, -0.05) is 6.07 Å². The van der Waals surface area contributed by atoms with Crippen molar-refractivity contribution in [2.24, 2.45) is 0 Å². The van der Waals surface area contributed by atoms with E-state index in [0.717, 1.165) is 4.90 Å². The lowest BCUT2D eigenvalue weighted by molar-refractivity contribution is -0.128. The molecule has 0 atom stereocenters. The average molecular weight is 324 g/mol. The van der Waals surface area contributed by atoms with Crippen LogP contribution in [-0.2, 0) is 9.59 Å². The number of carbonyl (C=O) groups excluding carboxylic acids is 4. The summed E-state index contributed by atoms with van der Waals surface area (Å²) in [5.41, 5.74) is 1.09. The molecule has 2 N–H and O–H groups in total. The van der Waals surface area contributed by atoms with Gasteiger partial charge in [-0.2, -0.15) is 0 Å². The number of hydrogen-bond donors (Lipinski definition) is 2. The van der Waals surface area contributed by atoms with E-state index in [-0.39, 0.29) is 11.6 Å². The first-order chi connectivity index (χ1) is 11.5. The number of amides is 5. The first kappa shape index (κ1) is 15.3. The van der Waals surface area contributed by atoms with Gasteiger partial charge in [0.1, 0.15) is 6.42 Å². The van der Waals surface area contributed by atoms with Crippen molar-refractivity contribution in [1.29, 1.82) is 0 Å². The SMILES string of the molecule is O=C1CC(=O)N(c2cccc(NC(=O)c3ccncc3)c2)C(=O)N1. The minimum absolute atomic E-state index is 0.262. The predicted molar refractivity (Wildman–Crippen MR) is 84.3 cm³/mol. The molecule has 2 heterocycles. The molecular weight excluding hydrogens is 312 g/mol. The van der Waals surface area contributed by atoms with Crippen LogP contribution < -0.4 is 15.5 Å². The Hall–Kier alpha value is -3.55. The molecule has 0 aliphatic carbocycles. The number of hydrogen-bond acceptors (Lipinski definition) is 5. The maximum absolute atomic E-state index is 12.1. The second-order valence-electron chi connectivity index (χ2n) is 5.00. The highest BCUT2D eigenvalue weighted by Crippen LogP contribution is 2.22. The number of barbiturate groups is 1. The van der Waals surface area contributed by atoms with Crippen LogP contribution in [0.1, 0.15) is 16.8 Å². The molecule has 8 nitrogen and oxygen atoms in total. The van der Waals surface area contributed by atoms with Crippen LogP contribution in [0.2, 0.25) is 0 Å². The Labute approximate surface area is 136 Å². The summed E-state index contributed by atoms with van der Waals surface area (Å²) in [6.07, 6.45) is 2.59. The summed E-state index contributed by atoms with van der Waals surface area (Å²) in [6, 6.07) is 8.55. The van der Waals surface area contributed by atoms with Crippen LogP contribution in [0.5, 0.6) is 0 Å². The molecule has 8 heteroatoms. The highest BCUT2D eigenvalue weighted by atomic mass is 16.2. The van der Waals surface area contributed by atoms with E-state index in [1.807, 2.05) is 0 Å². The van der Waals surface area contributed by atoms with Gasteiger partial charge < -0.3 is 5.32 Å². The van der Waals surface area contributed by atoms with E-state index in [1.165, 1.54) is 24.5 Å². The molecule has 1 aliphatic heterocycles. The molecule has 5 amide bonds. The number of carbonyl (C=O) groups is 4. The molecule has 0 bridgehead atoms. The summed E-state index contributed by atoms with van der Waals surface area (Å²) < 4.78 is 0. The largest absolute Gasteiger partial charge is 0.335 e. The van der Waals surface area contributed by atoms with E-state index in [0.29, 0.717) is 11.3 Å². The topological polar surface area (TPSA) is 108 Å². The van der Waals surface area contributed by atoms with E-state index in [1.54, 1.807) is 24.3 Å². The molecule has 24 heavy (non-hydrogen) atoms. The first-order valence-electron chi connectivity index (χ1n) is 7.03. The van der Waals surface area contributed by atoms with Crippen molar-refractivity contribution in [3.8, 4) is 0 Å². The maximum Gasteiger partial charge on any atom is 0.335 e. The molecule has 0 radical (unpaired) electrons. The summed E-state index contributed by atoms with van der Waals surface area (Å²) >= 11 is 0. The van der Waals surface area contributed by atoms with Gasteiger partial charge in [-0.05, 0) is 30.3 Å². The van der Waals surface area contributed by atoms with E-state index >= 15 is 0 Å². The van der Waals surface area contributed by atoms with Crippen molar-refractivity contribution < 1.29 is 19.2 Å². The third-order valence-electron chi connectivity index (χ3n) is 3.32. The molecule has 1 aromatic carbocycles. The third kappa shape index (κ3) is 3.12. The number of benzene rings is 1. The van der Waals surface area contributed by atoms with E-state index in [4.69, 9.17) is 0 Å². The fourth-order valence-electron chi connectivity index (χ4n) is 2.24. The summed E-state index contributed by atoms with van der Waals surface area (Å²) in [5.74, 6) is -1.61. The quantitative estimate of drug-likeness (QED) is 0.827. The Morgan fingerprint density at radius 1 is 1.12 bits per heavy atom. The van der Waals surface area contributed by atoms with Crippen molar-refractivity contribution in [2.75, 3.05) is 10.2 Å². The minimum Gasteiger partial charge on any atom is -0.322 e. The van der Waals surface area contributed by atoms with Gasteiger partial charge in [-0.25, -0.2) is 9.69 Å². The number of nitrogens with zero attached hydrogens (tertiary/aromatic N) is 2. The molecule has 120 valence electrons. The fraction of sp³-hybridized carbons (Fsp3) is 0.0625. The second-order valence-corrected chi connectivity index (χ2v) is 5.00. The van der Waals surface area contributed by atoms with E-state index in [9.17, 15) is 19.2 Å². The van der Waals surface area contributed by atoms with Gasteiger partial charge in [0.05, 0.1) is 5.69 Å². The van der Waals surface area contributed by atoms with Crippen molar-refractivity contribution in [1.82, 2.24) is 10.3 Å². The average Bonchev–Trinajstić information content (AvgIpc) is 2.55. The number of imide groups is 2. The van der Waals surface area contributed by atoms with Crippen molar-refractivity contribution >= 4 is 35.1 Å². The number of pyridine rings is 1. The number of aromatic nitrogens is 1. The zero-order valence-corrected chi connectivity index (χ0v) is 12.4. The lowest BCUT2D eigenvalue weighted by Gasteiger charge is -2.25. The Morgan fingerprint density at radius 2 is 1.88 bits per heavy atom. The first-order valence-corrected chi connectivity index (χ1v) is 7.03. The Kier molecular flexibility index (Phi) is 4.02. The van der Waals surface area contributed by atoms with Crippen LogP contribution >= 0.6 is 0 Å². The van der Waals surface area contributed by atoms with Crippen molar-refractivity contribution in [2.45, 2.75) is 6.42 Å². The monoisotopic (exact) mass is 324 g/mol. The molecule has 1 aliphatic rings. The lowest BCUT2D eigenvalue weighted by atomic mass is 10.2. The van der Waals surface area contributed by atoms with Gasteiger partial charge in [0.25, 0.3) is 5.91 Å². The maximum atomic E-state index is 12.1. The highest BCUT2D eigenvalue weighted by Gasteiger charge is 2.32. The van der Waals surface area contributed by atoms with Gasteiger partial charge in [0.15, 0.2) is 0 Å². The van der Waals surface area contributed by atoms with E-state index < -0.39 is 24.3 Å². The highest BCUT2D eigenvalue weighted by molar-refractivity contribution is 6.26. The number of anilines is 2. The zero-order chi connectivity index (χ0) is 17.1. The number of nitrogens with one attached hydrogen (secondary N) is 2. The molecule has 1 aromatic heterocycles. The molecule has 2 aromatic rings. The van der Waals surface area contributed by atoms with Crippen molar-refractivity contribution in [3.63, 3.8) is 0 Å². The number of rotatable bonds is 3. The van der Waals surface area contributed by atoms with Crippen LogP contribution in [-0.4, -0.2) is 28.7 Å². The minimum atomic E-state index is -0.811. The standard InChI is InChI=1S/C16H12N4O4/c21-13-9-14(22)20(16(24)19-13)12-3-1-2-11(8-12)18-15(23)10-4-6-17-7-5-10/h1-8H,9H2,(H,18,23)(H,19,21,24). The fourth-order valence-corrected chi connectivity index (χ4v) is 2.24. The van der Waals surface area contributed by atoms with E-state index in [2.05, 4.69) is 15.6 Å². The molecule has 0 saturated carbocycles. The van der Waals surface area contributed by atoms with Crippen LogP contribution in [0.3, 0.4) is 0 Å².